The van der Waals surface area contributed by atoms with Crippen molar-refractivity contribution in [3.63, 3.8) is 0 Å². The van der Waals surface area contributed by atoms with Crippen LogP contribution in [-0.4, -0.2) is 31.2 Å². The second kappa shape index (κ2) is 5.33. The molecular weight excluding hydrogens is 300 g/mol. The molecule has 100 valence electrons. The number of nitrogens with zero attached hydrogens (tertiary/aromatic N) is 1. The molecule has 7 heteroatoms. The van der Waals surface area contributed by atoms with Gasteiger partial charge in [-0.25, -0.2) is 12.8 Å². The second-order valence-corrected chi connectivity index (χ2v) is 7.11. The van der Waals surface area contributed by atoms with Gasteiger partial charge in [0.15, 0.2) is 0 Å². The van der Waals surface area contributed by atoms with Gasteiger partial charge >= 0.3 is 0 Å². The maximum Gasteiger partial charge on any atom is 0.244 e. The molecule has 1 aliphatic heterocycles. The minimum atomic E-state index is -3.77. The Kier molecular flexibility index (Phi) is 4.16. The Morgan fingerprint density at radius 1 is 1.39 bits per heavy atom. The molecule has 1 unspecified atom stereocenters. The molecule has 18 heavy (non-hydrogen) atoms. The minimum absolute atomic E-state index is 0.0214. The molecule has 3 nitrogen and oxygen atoms in total. The van der Waals surface area contributed by atoms with Crippen LogP contribution in [0.1, 0.15) is 12.8 Å². The van der Waals surface area contributed by atoms with Gasteiger partial charge in [0.2, 0.25) is 10.0 Å². The first-order valence-electron chi connectivity index (χ1n) is 5.50. The van der Waals surface area contributed by atoms with E-state index in [9.17, 15) is 12.8 Å². The first-order chi connectivity index (χ1) is 8.41. The van der Waals surface area contributed by atoms with Gasteiger partial charge in [0, 0.05) is 18.5 Å². The summed E-state index contributed by atoms with van der Waals surface area (Å²) in [5.41, 5.74) is 0. The van der Waals surface area contributed by atoms with Crippen LogP contribution in [0.3, 0.4) is 0 Å². The molecular formula is C11H12Cl2FNO2S. The number of halogens is 3. The smallest absolute Gasteiger partial charge is 0.207 e. The van der Waals surface area contributed by atoms with Crippen molar-refractivity contribution < 1.29 is 12.8 Å². The lowest BCUT2D eigenvalue weighted by Crippen LogP contribution is -2.40. The Hall–Kier alpha value is -0.360. The monoisotopic (exact) mass is 311 g/mol. The highest BCUT2D eigenvalue weighted by atomic mass is 35.5. The topological polar surface area (TPSA) is 37.4 Å². The van der Waals surface area contributed by atoms with Gasteiger partial charge in [0.1, 0.15) is 10.7 Å². The van der Waals surface area contributed by atoms with E-state index >= 15 is 0 Å². The number of benzene rings is 1. The van der Waals surface area contributed by atoms with E-state index in [0.717, 1.165) is 18.6 Å². The third kappa shape index (κ3) is 2.79. The highest BCUT2D eigenvalue weighted by Crippen LogP contribution is 2.28. The van der Waals surface area contributed by atoms with Gasteiger partial charge in [-0.1, -0.05) is 11.6 Å². The third-order valence-electron chi connectivity index (χ3n) is 2.84. The van der Waals surface area contributed by atoms with E-state index < -0.39 is 15.8 Å². The second-order valence-electron chi connectivity index (χ2n) is 4.18. The van der Waals surface area contributed by atoms with E-state index in [2.05, 4.69) is 0 Å². The van der Waals surface area contributed by atoms with E-state index in [1.165, 1.54) is 10.4 Å². The van der Waals surface area contributed by atoms with Crippen LogP contribution in [0.5, 0.6) is 0 Å². The Morgan fingerprint density at radius 2 is 2.11 bits per heavy atom. The molecule has 1 fully saturated rings. The summed E-state index contributed by atoms with van der Waals surface area (Å²) in [4.78, 5) is -0.199. The molecule has 0 bridgehead atoms. The van der Waals surface area contributed by atoms with Crippen molar-refractivity contribution in [3.05, 3.63) is 29.0 Å². The molecule has 0 saturated carbocycles. The molecule has 1 atom stereocenters. The number of sulfonamides is 1. The first-order valence-corrected chi connectivity index (χ1v) is 7.76. The van der Waals surface area contributed by atoms with Crippen LogP contribution in [0.4, 0.5) is 4.39 Å². The number of piperidine rings is 1. The summed E-state index contributed by atoms with van der Waals surface area (Å²) in [5.74, 6) is -0.627. The molecule has 0 aromatic heterocycles. The maximum atomic E-state index is 13.2. The zero-order chi connectivity index (χ0) is 13.3. The molecule has 1 aromatic carbocycles. The molecule has 1 aliphatic rings. The highest BCUT2D eigenvalue weighted by Gasteiger charge is 2.31. The molecule has 0 N–H and O–H groups in total. The quantitative estimate of drug-likeness (QED) is 0.788. The van der Waals surface area contributed by atoms with Gasteiger partial charge in [-0.15, -0.1) is 11.6 Å². The van der Waals surface area contributed by atoms with Crippen LogP contribution in [0.25, 0.3) is 0 Å². The Labute approximate surface area is 116 Å². The zero-order valence-corrected chi connectivity index (χ0v) is 11.8. The molecule has 1 aromatic rings. The van der Waals surface area contributed by atoms with Gasteiger partial charge < -0.3 is 0 Å². The molecule has 1 saturated heterocycles. The summed E-state index contributed by atoms with van der Waals surface area (Å²) >= 11 is 11.8. The summed E-state index contributed by atoms with van der Waals surface area (Å²) in [6.45, 7) is 0.620. The van der Waals surface area contributed by atoms with Gasteiger partial charge in [-0.2, -0.15) is 4.31 Å². The lowest BCUT2D eigenvalue weighted by molar-refractivity contribution is 0.350. The van der Waals surface area contributed by atoms with E-state index in [1.807, 2.05) is 0 Å². The lowest BCUT2D eigenvalue weighted by atomic mass is 10.2. The standard InChI is InChI=1S/C11H12Cl2FNO2S/c12-8-2-1-5-15(7-8)18(16,17)11-6-9(14)3-4-10(11)13/h3-4,6,8H,1-2,5,7H2. The van der Waals surface area contributed by atoms with Crippen LogP contribution in [-0.2, 0) is 10.0 Å². The number of alkyl halides is 1. The highest BCUT2D eigenvalue weighted by molar-refractivity contribution is 7.89. The fraction of sp³-hybridized carbons (Fsp3) is 0.455. The van der Waals surface area contributed by atoms with Crippen LogP contribution in [0, 0.1) is 5.82 Å². The Morgan fingerprint density at radius 3 is 2.78 bits per heavy atom. The summed E-state index contributed by atoms with van der Waals surface area (Å²) in [6.07, 6.45) is 1.48. The van der Waals surface area contributed by atoms with E-state index in [0.29, 0.717) is 13.0 Å². The SMILES string of the molecule is O=S(=O)(c1cc(F)ccc1Cl)N1CCCC(Cl)C1. The maximum absolute atomic E-state index is 13.2. The fourth-order valence-electron chi connectivity index (χ4n) is 1.92. The predicted molar refractivity (Wildman–Crippen MR) is 69.0 cm³/mol. The average Bonchev–Trinajstić information content (AvgIpc) is 2.32. The summed E-state index contributed by atoms with van der Waals surface area (Å²) in [5, 5.41) is -0.186. The van der Waals surface area contributed by atoms with Gasteiger partial charge in [-0.3, -0.25) is 0 Å². The number of rotatable bonds is 2. The van der Waals surface area contributed by atoms with Crippen molar-refractivity contribution in [3.8, 4) is 0 Å². The number of hydrogen-bond acceptors (Lipinski definition) is 2. The first kappa shape index (κ1) is 14.1. The van der Waals surface area contributed by atoms with Crippen molar-refractivity contribution >= 4 is 33.2 Å². The Balaban J connectivity index is 2.38. The van der Waals surface area contributed by atoms with E-state index in [4.69, 9.17) is 23.2 Å². The number of hydrogen-bond donors (Lipinski definition) is 0. The molecule has 0 amide bonds. The predicted octanol–water partition coefficient (Wildman–Crippen LogP) is 2.87. The average molecular weight is 312 g/mol. The minimum Gasteiger partial charge on any atom is -0.207 e. The summed E-state index contributed by atoms with van der Waals surface area (Å²) in [7, 11) is -3.77. The van der Waals surface area contributed by atoms with Crippen LogP contribution in [0.15, 0.2) is 23.1 Å². The van der Waals surface area contributed by atoms with Crippen molar-refractivity contribution in [2.45, 2.75) is 23.1 Å². The Bertz CT molecular complexity index is 550. The largest absolute Gasteiger partial charge is 0.244 e. The van der Waals surface area contributed by atoms with Crippen LogP contribution >= 0.6 is 23.2 Å². The summed E-state index contributed by atoms with van der Waals surface area (Å²) < 4.78 is 39.1. The van der Waals surface area contributed by atoms with Gasteiger partial charge in [0.25, 0.3) is 0 Å². The van der Waals surface area contributed by atoms with Crippen molar-refractivity contribution in [1.29, 1.82) is 0 Å². The van der Waals surface area contributed by atoms with E-state index in [1.54, 1.807) is 0 Å². The summed E-state index contributed by atoms with van der Waals surface area (Å²) in [6, 6.07) is 3.31. The van der Waals surface area contributed by atoms with E-state index in [-0.39, 0.29) is 21.8 Å². The normalized spacial score (nSPS) is 22.1. The van der Waals surface area contributed by atoms with Gasteiger partial charge in [0.05, 0.1) is 5.02 Å². The van der Waals surface area contributed by atoms with Gasteiger partial charge in [-0.05, 0) is 31.0 Å². The van der Waals surface area contributed by atoms with Crippen LogP contribution < -0.4 is 0 Å². The fourth-order valence-corrected chi connectivity index (χ4v) is 4.34. The van der Waals surface area contributed by atoms with Crippen molar-refractivity contribution in [1.82, 2.24) is 4.31 Å². The zero-order valence-electron chi connectivity index (χ0n) is 9.44. The molecule has 0 aliphatic carbocycles. The van der Waals surface area contributed by atoms with Crippen molar-refractivity contribution in [2.24, 2.45) is 0 Å². The molecule has 0 radical (unpaired) electrons. The van der Waals surface area contributed by atoms with Crippen LogP contribution in [0.2, 0.25) is 5.02 Å². The molecule has 2 rings (SSSR count). The van der Waals surface area contributed by atoms with Crippen molar-refractivity contribution in [2.75, 3.05) is 13.1 Å². The lowest BCUT2D eigenvalue weighted by Gasteiger charge is -2.29. The third-order valence-corrected chi connectivity index (χ3v) is 5.54. The molecule has 0 spiro atoms. The molecule has 1 heterocycles.